The van der Waals surface area contributed by atoms with Gasteiger partial charge in [0.1, 0.15) is 0 Å². The minimum Gasteiger partial charge on any atom is -0.453 e. The molecule has 182 valence electrons. The number of nitrogens with one attached hydrogen (secondary N) is 2. The van der Waals surface area contributed by atoms with Gasteiger partial charge in [-0.1, -0.05) is 0 Å². The Labute approximate surface area is 194 Å². The van der Waals surface area contributed by atoms with Crippen molar-refractivity contribution >= 4 is 48.8 Å². The molecule has 4 aliphatic heterocycles. The lowest BCUT2D eigenvalue weighted by Crippen LogP contribution is -2.46. The van der Waals surface area contributed by atoms with Gasteiger partial charge in [-0.05, 0) is 12.8 Å². The third-order valence-electron chi connectivity index (χ3n) is 5.21. The molecule has 0 radical (unpaired) electrons. The first-order valence-electron chi connectivity index (χ1n) is 9.48. The van der Waals surface area contributed by atoms with Crippen LogP contribution in [0.5, 0.6) is 0 Å². The lowest BCUT2D eigenvalue weighted by molar-refractivity contribution is -0.156. The SMILES string of the molecule is CC(=O)N1C[C@@H]2C[C@H]1CN2.CC(=O)OC(C)=O.COC(=O)N1C[C@@H]2C[C@H]1CN2.Cl.Cl.O. The minimum atomic E-state index is -0.562. The number of rotatable bonds is 0. The van der Waals surface area contributed by atoms with E-state index in [1.54, 1.807) is 11.8 Å². The number of hydrogen-bond donors (Lipinski definition) is 2. The summed E-state index contributed by atoms with van der Waals surface area (Å²) in [5.74, 6) is -0.894. The Bertz CT molecular complexity index is 614. The van der Waals surface area contributed by atoms with Crippen molar-refractivity contribution in [2.45, 2.75) is 57.8 Å². The van der Waals surface area contributed by atoms with Crippen LogP contribution in [-0.4, -0.2) is 96.7 Å². The summed E-state index contributed by atoms with van der Waals surface area (Å²) in [6, 6.07) is 1.99. The first-order valence-corrected chi connectivity index (χ1v) is 9.48. The van der Waals surface area contributed by atoms with Gasteiger partial charge in [0.05, 0.1) is 7.11 Å². The monoisotopic (exact) mass is 488 g/mol. The minimum absolute atomic E-state index is 0. The molecule has 31 heavy (non-hydrogen) atoms. The average Bonchev–Trinajstić information content (AvgIpc) is 3.40. The lowest BCUT2D eigenvalue weighted by atomic mass is 10.2. The molecule has 0 saturated carbocycles. The van der Waals surface area contributed by atoms with Crippen LogP contribution in [0.15, 0.2) is 0 Å². The summed E-state index contributed by atoms with van der Waals surface area (Å²) in [6.45, 7) is 7.70. The fourth-order valence-electron chi connectivity index (χ4n) is 4.05. The van der Waals surface area contributed by atoms with Gasteiger partial charge in [-0.15, -0.1) is 24.8 Å². The first-order chi connectivity index (χ1) is 13.2. The van der Waals surface area contributed by atoms with Crippen molar-refractivity contribution in [3.8, 4) is 0 Å². The number of halogens is 2. The molecule has 4 rings (SSSR count). The number of ether oxygens (including phenoxy) is 2. The van der Waals surface area contributed by atoms with Crippen molar-refractivity contribution < 1.29 is 34.1 Å². The highest BCUT2D eigenvalue weighted by Crippen LogP contribution is 2.23. The normalized spacial score (nSPS) is 25.9. The molecule has 0 unspecified atom stereocenters. The number of amides is 2. The van der Waals surface area contributed by atoms with E-state index in [1.165, 1.54) is 27.4 Å². The summed E-state index contributed by atoms with van der Waals surface area (Å²) in [5, 5.41) is 6.66. The highest BCUT2D eigenvalue weighted by atomic mass is 35.5. The van der Waals surface area contributed by atoms with Crippen LogP contribution in [0.1, 0.15) is 33.6 Å². The average molecular weight is 489 g/mol. The topological polar surface area (TPSA) is 149 Å². The van der Waals surface area contributed by atoms with E-state index in [4.69, 9.17) is 0 Å². The highest BCUT2D eigenvalue weighted by Gasteiger charge is 2.40. The number of esters is 2. The van der Waals surface area contributed by atoms with Crippen LogP contribution in [0.25, 0.3) is 0 Å². The molecule has 0 aromatic rings. The fraction of sp³-hybridized carbons (Fsp3) is 0.778. The van der Waals surface area contributed by atoms with Crippen LogP contribution in [0.2, 0.25) is 0 Å². The third-order valence-corrected chi connectivity index (χ3v) is 5.21. The van der Waals surface area contributed by atoms with E-state index >= 15 is 0 Å². The van der Waals surface area contributed by atoms with Crippen molar-refractivity contribution in [2.24, 2.45) is 0 Å². The van der Waals surface area contributed by atoms with Crippen LogP contribution < -0.4 is 10.6 Å². The molecule has 0 spiro atoms. The molecule has 11 nitrogen and oxygen atoms in total. The molecule has 4 heterocycles. The first kappa shape index (κ1) is 31.5. The molecule has 4 atom stereocenters. The number of carbonyl (C=O) groups is 4. The number of carbonyl (C=O) groups excluding carboxylic acids is 4. The molecule has 0 aromatic heterocycles. The smallest absolute Gasteiger partial charge is 0.409 e. The van der Waals surface area contributed by atoms with Crippen molar-refractivity contribution in [1.29, 1.82) is 0 Å². The lowest BCUT2D eigenvalue weighted by Gasteiger charge is -2.25. The van der Waals surface area contributed by atoms with E-state index in [9.17, 15) is 19.2 Å². The van der Waals surface area contributed by atoms with Crippen molar-refractivity contribution in [2.75, 3.05) is 33.3 Å². The molecule has 4 bridgehead atoms. The summed E-state index contributed by atoms with van der Waals surface area (Å²) in [7, 11) is 1.43. The second kappa shape index (κ2) is 14.4. The Hall–Kier alpha value is -1.66. The van der Waals surface area contributed by atoms with Gasteiger partial charge in [0.2, 0.25) is 5.91 Å². The van der Waals surface area contributed by atoms with Gasteiger partial charge in [-0.25, -0.2) is 4.79 Å². The Morgan fingerprint density at radius 2 is 1.23 bits per heavy atom. The van der Waals surface area contributed by atoms with Gasteiger partial charge in [-0.2, -0.15) is 0 Å². The van der Waals surface area contributed by atoms with Gasteiger partial charge in [-0.3, -0.25) is 14.4 Å². The van der Waals surface area contributed by atoms with Gasteiger partial charge in [0.15, 0.2) is 0 Å². The van der Waals surface area contributed by atoms with Crippen LogP contribution in [0.4, 0.5) is 4.79 Å². The number of hydrogen-bond acceptors (Lipinski definition) is 8. The number of fused-ring (bicyclic) bond motifs is 4. The molecule has 0 aromatic carbocycles. The van der Waals surface area contributed by atoms with E-state index in [0.29, 0.717) is 24.2 Å². The summed E-state index contributed by atoms with van der Waals surface area (Å²) in [6.07, 6.45) is 2.08. The zero-order valence-electron chi connectivity index (χ0n) is 18.2. The van der Waals surface area contributed by atoms with E-state index in [2.05, 4.69) is 20.1 Å². The zero-order valence-corrected chi connectivity index (χ0v) is 19.8. The summed E-state index contributed by atoms with van der Waals surface area (Å²) in [5.41, 5.74) is 0. The van der Waals surface area contributed by atoms with Gasteiger partial charge < -0.3 is 35.4 Å². The van der Waals surface area contributed by atoms with E-state index in [-0.39, 0.29) is 42.3 Å². The summed E-state index contributed by atoms with van der Waals surface area (Å²) >= 11 is 0. The maximum Gasteiger partial charge on any atom is 0.409 e. The summed E-state index contributed by atoms with van der Waals surface area (Å²) in [4.78, 5) is 45.4. The van der Waals surface area contributed by atoms with Crippen molar-refractivity contribution in [1.82, 2.24) is 20.4 Å². The van der Waals surface area contributed by atoms with Gasteiger partial charge in [0.25, 0.3) is 0 Å². The van der Waals surface area contributed by atoms with Gasteiger partial charge in [0, 0.05) is 71.1 Å². The molecule has 2 amide bonds. The Kier molecular flexibility index (Phi) is 14.7. The van der Waals surface area contributed by atoms with E-state index < -0.39 is 11.9 Å². The standard InChI is InChI=1S/C7H12N2O2.C7H12N2O.C4H6O3.2ClH.H2O/c1-11-7(10)9-4-5-2-6(9)3-8-5;1-5(10)9-4-6-2-7(9)3-8-6;1-3(5)7-4(2)6;;;/h5-6,8H,2-4H2,1H3;6-8H,2-4H2,1H3;1-2H3;2*1H;1H2/t5-,6-;6-,7-;;;;/m00..../s1. The second-order valence-corrected chi connectivity index (χ2v) is 7.37. The molecule has 4 N–H and O–H groups in total. The largest absolute Gasteiger partial charge is 0.453 e. The van der Waals surface area contributed by atoms with E-state index in [0.717, 1.165) is 32.6 Å². The highest BCUT2D eigenvalue weighted by molar-refractivity contribution is 5.85. The maximum absolute atomic E-state index is 11.1. The van der Waals surface area contributed by atoms with E-state index in [1.807, 2.05) is 4.90 Å². The predicted molar refractivity (Wildman–Crippen MR) is 117 cm³/mol. The molecule has 13 heteroatoms. The maximum atomic E-state index is 11.1. The Morgan fingerprint density at radius 1 is 0.806 bits per heavy atom. The zero-order chi connectivity index (χ0) is 20.8. The molecular formula is C18H34Cl2N4O7. The van der Waals surface area contributed by atoms with Crippen LogP contribution in [-0.2, 0) is 23.9 Å². The van der Waals surface area contributed by atoms with Crippen molar-refractivity contribution in [3.63, 3.8) is 0 Å². The predicted octanol–water partition coefficient (Wildman–Crippen LogP) is -0.507. The third kappa shape index (κ3) is 9.16. The molecular weight excluding hydrogens is 455 g/mol. The molecule has 0 aliphatic carbocycles. The quantitative estimate of drug-likeness (QED) is 0.342. The fourth-order valence-corrected chi connectivity index (χ4v) is 4.05. The van der Waals surface area contributed by atoms with Gasteiger partial charge >= 0.3 is 18.0 Å². The van der Waals surface area contributed by atoms with Crippen LogP contribution in [0, 0.1) is 0 Å². The Balaban J connectivity index is 0. The summed E-state index contributed by atoms with van der Waals surface area (Å²) < 4.78 is 8.62. The number of methoxy groups -OCH3 is 1. The van der Waals surface area contributed by atoms with Crippen molar-refractivity contribution in [3.05, 3.63) is 0 Å². The number of piperazine rings is 2. The second-order valence-electron chi connectivity index (χ2n) is 7.37. The number of nitrogens with zero attached hydrogens (tertiary/aromatic N) is 2. The number of likely N-dealkylation sites (tertiary alicyclic amines) is 2. The molecule has 4 aliphatic rings. The Morgan fingerprint density at radius 3 is 1.42 bits per heavy atom. The molecule has 4 saturated heterocycles. The van der Waals surface area contributed by atoms with Crippen LogP contribution >= 0.6 is 24.8 Å². The molecule has 4 fully saturated rings. The van der Waals surface area contributed by atoms with Crippen LogP contribution in [0.3, 0.4) is 0 Å².